The molecule has 0 radical (unpaired) electrons. The third-order valence-electron chi connectivity index (χ3n) is 3.85. The van der Waals surface area contributed by atoms with E-state index in [0.717, 1.165) is 19.3 Å². The van der Waals surface area contributed by atoms with Crippen molar-refractivity contribution in [3.8, 4) is 0 Å². The number of rotatable bonds is 6. The molecule has 1 aromatic heterocycles. The van der Waals surface area contributed by atoms with E-state index in [1.807, 2.05) is 5.48 Å². The second-order valence-electron chi connectivity index (χ2n) is 5.20. The molecule has 0 bridgehead atoms. The highest BCUT2D eigenvalue weighted by Gasteiger charge is 2.42. The van der Waals surface area contributed by atoms with Crippen LogP contribution in [0.4, 0.5) is 4.39 Å². The van der Waals surface area contributed by atoms with E-state index in [-0.39, 0.29) is 11.2 Å². The van der Waals surface area contributed by atoms with Crippen LogP contribution < -0.4 is 10.8 Å². The van der Waals surface area contributed by atoms with Gasteiger partial charge in [-0.1, -0.05) is 6.42 Å². The molecule has 19 heavy (non-hydrogen) atoms. The van der Waals surface area contributed by atoms with Gasteiger partial charge in [-0.05, 0) is 31.9 Å². The molecule has 0 amide bonds. The number of aliphatic hydroxyl groups excluding tert-OH is 1. The van der Waals surface area contributed by atoms with Gasteiger partial charge in [0.05, 0.1) is 11.8 Å². The number of nitrogens with zero attached hydrogens (tertiary/aromatic N) is 1. The van der Waals surface area contributed by atoms with Crippen molar-refractivity contribution in [2.45, 2.75) is 43.9 Å². The first-order valence-electron chi connectivity index (χ1n) is 6.51. The van der Waals surface area contributed by atoms with Crippen molar-refractivity contribution < 1.29 is 14.7 Å². The van der Waals surface area contributed by atoms with Gasteiger partial charge in [-0.15, -0.1) is 0 Å². The molecule has 1 heterocycles. The largest absolute Gasteiger partial charge is 0.390 e. The predicted molar refractivity (Wildman–Crippen MR) is 68.1 cm³/mol. The lowest BCUT2D eigenvalue weighted by atomic mass is 9.66. The number of aromatic nitrogens is 1. The molecule has 1 saturated carbocycles. The van der Waals surface area contributed by atoms with Crippen molar-refractivity contribution in [2.24, 2.45) is 0 Å². The molecular formula is C13H20FN3O2. The average molecular weight is 269 g/mol. The molecule has 1 aromatic rings. The first-order chi connectivity index (χ1) is 9.09. The summed E-state index contributed by atoms with van der Waals surface area (Å²) in [5.74, 6) is -0.297. The summed E-state index contributed by atoms with van der Waals surface area (Å²) in [6.07, 6.45) is 2.94. The van der Waals surface area contributed by atoms with Crippen LogP contribution in [-0.4, -0.2) is 34.1 Å². The molecule has 106 valence electrons. The Morgan fingerprint density at radius 1 is 1.53 bits per heavy atom. The number of pyridine rings is 1. The molecule has 0 spiro atoms. The van der Waals surface area contributed by atoms with E-state index in [1.165, 1.54) is 6.07 Å². The first-order valence-corrected chi connectivity index (χ1v) is 6.51. The number of hydrogen-bond donors (Lipinski definition) is 4. The van der Waals surface area contributed by atoms with Crippen LogP contribution in [0.3, 0.4) is 0 Å². The summed E-state index contributed by atoms with van der Waals surface area (Å²) in [6, 6.07) is 2.99. The molecule has 1 unspecified atom stereocenters. The van der Waals surface area contributed by atoms with Crippen LogP contribution in [-0.2, 0) is 5.41 Å². The van der Waals surface area contributed by atoms with Crippen molar-refractivity contribution in [2.75, 3.05) is 6.54 Å². The van der Waals surface area contributed by atoms with Gasteiger partial charge < -0.3 is 10.3 Å². The Morgan fingerprint density at radius 2 is 2.26 bits per heavy atom. The van der Waals surface area contributed by atoms with E-state index in [1.54, 1.807) is 19.2 Å². The Labute approximate surface area is 111 Å². The Hall–Kier alpha value is -1.08. The van der Waals surface area contributed by atoms with Gasteiger partial charge in [-0.2, -0.15) is 5.48 Å². The first kappa shape index (κ1) is 14.3. The van der Waals surface area contributed by atoms with Crippen LogP contribution in [0, 0.1) is 5.82 Å². The van der Waals surface area contributed by atoms with Gasteiger partial charge in [-0.3, -0.25) is 10.3 Å². The smallest absolute Gasteiger partial charge is 0.145 e. The SMILES string of the molecule is CC(O)[C@@H](NO)NCC1(c2ncccc2F)CCC1. The van der Waals surface area contributed by atoms with Gasteiger partial charge in [0.1, 0.15) is 12.0 Å². The second kappa shape index (κ2) is 5.92. The Balaban J connectivity index is 2.09. The van der Waals surface area contributed by atoms with Crippen molar-refractivity contribution in [1.82, 2.24) is 15.8 Å². The van der Waals surface area contributed by atoms with Crippen molar-refractivity contribution in [3.05, 3.63) is 29.8 Å². The third kappa shape index (κ3) is 2.92. The van der Waals surface area contributed by atoms with Crippen LogP contribution in [0.15, 0.2) is 18.3 Å². The van der Waals surface area contributed by atoms with Crippen molar-refractivity contribution in [1.29, 1.82) is 0 Å². The van der Waals surface area contributed by atoms with Crippen molar-refractivity contribution >= 4 is 0 Å². The minimum Gasteiger partial charge on any atom is -0.390 e. The maximum absolute atomic E-state index is 13.9. The highest BCUT2D eigenvalue weighted by Crippen LogP contribution is 2.43. The fourth-order valence-electron chi connectivity index (χ4n) is 2.51. The van der Waals surface area contributed by atoms with Crippen LogP contribution in [0.2, 0.25) is 0 Å². The highest BCUT2D eigenvalue weighted by atomic mass is 19.1. The zero-order valence-corrected chi connectivity index (χ0v) is 10.9. The lowest BCUT2D eigenvalue weighted by Gasteiger charge is -2.42. The number of hydroxylamine groups is 1. The van der Waals surface area contributed by atoms with E-state index in [4.69, 9.17) is 5.21 Å². The molecule has 6 heteroatoms. The molecular weight excluding hydrogens is 249 g/mol. The van der Waals surface area contributed by atoms with Gasteiger partial charge in [0, 0.05) is 18.2 Å². The van der Waals surface area contributed by atoms with Gasteiger partial charge in [0.25, 0.3) is 0 Å². The molecule has 1 fully saturated rings. The van der Waals surface area contributed by atoms with Gasteiger partial charge in [0.15, 0.2) is 0 Å². The summed E-state index contributed by atoms with van der Waals surface area (Å²) in [6.45, 7) is 2.03. The molecule has 2 rings (SSSR count). The summed E-state index contributed by atoms with van der Waals surface area (Å²) in [7, 11) is 0. The number of nitrogens with one attached hydrogen (secondary N) is 2. The predicted octanol–water partition coefficient (Wildman–Crippen LogP) is 0.918. The van der Waals surface area contributed by atoms with E-state index < -0.39 is 12.3 Å². The monoisotopic (exact) mass is 269 g/mol. The van der Waals surface area contributed by atoms with Gasteiger partial charge >= 0.3 is 0 Å². The van der Waals surface area contributed by atoms with Gasteiger partial charge in [0.2, 0.25) is 0 Å². The zero-order chi connectivity index (χ0) is 13.9. The molecule has 0 aliphatic heterocycles. The van der Waals surface area contributed by atoms with Crippen LogP contribution in [0.5, 0.6) is 0 Å². The minimum absolute atomic E-state index is 0.297. The molecule has 5 nitrogen and oxygen atoms in total. The van der Waals surface area contributed by atoms with Crippen molar-refractivity contribution in [3.63, 3.8) is 0 Å². The summed E-state index contributed by atoms with van der Waals surface area (Å²) >= 11 is 0. The van der Waals surface area contributed by atoms with Crippen LogP contribution >= 0.6 is 0 Å². The molecule has 0 aromatic carbocycles. The summed E-state index contributed by atoms with van der Waals surface area (Å²) < 4.78 is 13.9. The average Bonchev–Trinajstić information content (AvgIpc) is 2.33. The van der Waals surface area contributed by atoms with Crippen LogP contribution in [0.25, 0.3) is 0 Å². The lowest BCUT2D eigenvalue weighted by Crippen LogP contribution is -2.54. The summed E-state index contributed by atoms with van der Waals surface area (Å²) in [5.41, 5.74) is 2.14. The Bertz CT molecular complexity index is 424. The second-order valence-corrected chi connectivity index (χ2v) is 5.20. The van der Waals surface area contributed by atoms with E-state index in [9.17, 15) is 9.50 Å². The molecule has 4 N–H and O–H groups in total. The van der Waals surface area contributed by atoms with E-state index >= 15 is 0 Å². The maximum Gasteiger partial charge on any atom is 0.145 e. The molecule has 1 aliphatic rings. The van der Waals surface area contributed by atoms with E-state index in [2.05, 4.69) is 10.3 Å². The lowest BCUT2D eigenvalue weighted by molar-refractivity contribution is 0.0262. The van der Waals surface area contributed by atoms with Crippen LogP contribution in [0.1, 0.15) is 31.9 Å². The topological polar surface area (TPSA) is 77.4 Å². The number of halogens is 1. The quantitative estimate of drug-likeness (QED) is 0.456. The molecule has 1 aliphatic carbocycles. The summed E-state index contributed by atoms with van der Waals surface area (Å²) in [4.78, 5) is 4.16. The maximum atomic E-state index is 13.9. The number of aliphatic hydroxyl groups is 1. The Kier molecular flexibility index (Phi) is 4.46. The fraction of sp³-hybridized carbons (Fsp3) is 0.615. The molecule has 2 atom stereocenters. The minimum atomic E-state index is -0.754. The van der Waals surface area contributed by atoms with E-state index in [0.29, 0.717) is 12.2 Å². The fourth-order valence-corrected chi connectivity index (χ4v) is 2.51. The third-order valence-corrected chi connectivity index (χ3v) is 3.85. The standard InChI is InChI=1S/C13H20FN3O2/c1-9(18)12(17-19)16-8-13(5-3-6-13)11-10(14)4-2-7-15-11/h2,4,7,9,12,16-19H,3,5-6,8H2,1H3/t9?,12-/m1/s1. The van der Waals surface area contributed by atoms with Gasteiger partial charge in [-0.25, -0.2) is 4.39 Å². The summed E-state index contributed by atoms with van der Waals surface area (Å²) in [5, 5.41) is 21.4. The Morgan fingerprint density at radius 3 is 2.74 bits per heavy atom. The zero-order valence-electron chi connectivity index (χ0n) is 10.9. The molecule has 0 saturated heterocycles. The normalized spacial score (nSPS) is 20.6. The highest BCUT2D eigenvalue weighted by molar-refractivity contribution is 5.23. The number of hydrogen-bond acceptors (Lipinski definition) is 5.